The standard InChI is InChI=1S/C15H15N5O/c1-9-8-10(2)20-14(18-19-15(20)17-9)11-4-3-5-12-13(11)21-7-6-16-12/h3-5,8,16H,6-7H2,1-2H3. The van der Waals surface area contributed by atoms with Gasteiger partial charge in [0.05, 0.1) is 11.3 Å². The molecule has 1 N–H and O–H groups in total. The van der Waals surface area contributed by atoms with E-state index in [0.29, 0.717) is 12.4 Å². The highest BCUT2D eigenvalue weighted by atomic mass is 16.5. The number of anilines is 1. The van der Waals surface area contributed by atoms with Crippen molar-refractivity contribution in [2.45, 2.75) is 13.8 Å². The van der Waals surface area contributed by atoms with E-state index >= 15 is 0 Å². The van der Waals surface area contributed by atoms with Gasteiger partial charge in [0.25, 0.3) is 5.78 Å². The van der Waals surface area contributed by atoms with Crippen molar-refractivity contribution in [1.82, 2.24) is 19.6 Å². The molecule has 4 rings (SSSR count). The number of rotatable bonds is 1. The van der Waals surface area contributed by atoms with Gasteiger partial charge in [0.15, 0.2) is 11.6 Å². The van der Waals surface area contributed by atoms with Crippen LogP contribution in [0.15, 0.2) is 24.3 Å². The van der Waals surface area contributed by atoms with E-state index in [1.165, 1.54) is 0 Å². The van der Waals surface area contributed by atoms with Gasteiger partial charge in [-0.3, -0.25) is 4.40 Å². The van der Waals surface area contributed by atoms with Crippen molar-refractivity contribution in [2.75, 3.05) is 18.5 Å². The Labute approximate surface area is 121 Å². The Hall–Kier alpha value is -2.63. The van der Waals surface area contributed by atoms with Crippen LogP contribution in [0.4, 0.5) is 5.69 Å². The molecule has 0 amide bonds. The zero-order valence-corrected chi connectivity index (χ0v) is 11.9. The largest absolute Gasteiger partial charge is 0.489 e. The summed E-state index contributed by atoms with van der Waals surface area (Å²) in [5.74, 6) is 2.21. The third-order valence-electron chi connectivity index (χ3n) is 3.61. The van der Waals surface area contributed by atoms with E-state index in [0.717, 1.165) is 40.8 Å². The Morgan fingerprint density at radius 2 is 2.14 bits per heavy atom. The lowest BCUT2D eigenvalue weighted by molar-refractivity contribution is 0.324. The smallest absolute Gasteiger partial charge is 0.255 e. The zero-order chi connectivity index (χ0) is 14.4. The van der Waals surface area contributed by atoms with Gasteiger partial charge in [0, 0.05) is 17.9 Å². The number of benzene rings is 1. The summed E-state index contributed by atoms with van der Waals surface area (Å²) >= 11 is 0. The number of nitrogens with zero attached hydrogens (tertiary/aromatic N) is 4. The number of fused-ring (bicyclic) bond motifs is 2. The van der Waals surface area contributed by atoms with E-state index in [9.17, 15) is 0 Å². The minimum atomic E-state index is 0.615. The number of para-hydroxylation sites is 1. The van der Waals surface area contributed by atoms with Crippen LogP contribution in [-0.4, -0.2) is 32.7 Å². The molecule has 0 unspecified atom stereocenters. The second kappa shape index (κ2) is 4.44. The molecule has 0 atom stereocenters. The van der Waals surface area contributed by atoms with Crippen LogP contribution in [0.2, 0.25) is 0 Å². The highest BCUT2D eigenvalue weighted by molar-refractivity contribution is 5.76. The van der Waals surface area contributed by atoms with Crippen LogP contribution in [0.5, 0.6) is 5.75 Å². The topological polar surface area (TPSA) is 64.3 Å². The van der Waals surface area contributed by atoms with Crippen molar-refractivity contribution in [2.24, 2.45) is 0 Å². The molecule has 6 heteroatoms. The summed E-state index contributed by atoms with van der Waals surface area (Å²) in [7, 11) is 0. The number of aryl methyl sites for hydroxylation is 2. The Kier molecular flexibility index (Phi) is 2.57. The summed E-state index contributed by atoms with van der Waals surface area (Å²) in [6, 6.07) is 8.03. The summed E-state index contributed by atoms with van der Waals surface area (Å²) in [6.45, 7) is 5.45. The first-order chi connectivity index (χ1) is 10.2. The predicted molar refractivity (Wildman–Crippen MR) is 79.7 cm³/mol. The minimum Gasteiger partial charge on any atom is -0.489 e. The fourth-order valence-corrected chi connectivity index (χ4v) is 2.75. The van der Waals surface area contributed by atoms with Crippen molar-refractivity contribution in [1.29, 1.82) is 0 Å². The SMILES string of the molecule is Cc1cc(C)n2c(-c3cccc4c3OCCN4)nnc2n1. The molecule has 21 heavy (non-hydrogen) atoms. The van der Waals surface area contributed by atoms with Gasteiger partial charge in [-0.2, -0.15) is 0 Å². The molecule has 1 aromatic carbocycles. The van der Waals surface area contributed by atoms with Crippen molar-refractivity contribution in [3.8, 4) is 17.1 Å². The van der Waals surface area contributed by atoms with E-state index < -0.39 is 0 Å². The Bertz CT molecular complexity index is 839. The van der Waals surface area contributed by atoms with Gasteiger partial charge in [0.1, 0.15) is 6.61 Å². The fraction of sp³-hybridized carbons (Fsp3) is 0.267. The molecule has 0 radical (unpaired) electrons. The molecule has 2 aromatic heterocycles. The van der Waals surface area contributed by atoms with Crippen LogP contribution in [0, 0.1) is 13.8 Å². The lowest BCUT2D eigenvalue weighted by Crippen LogP contribution is -2.18. The maximum atomic E-state index is 5.83. The van der Waals surface area contributed by atoms with E-state index in [2.05, 4.69) is 20.5 Å². The molecule has 0 saturated heterocycles. The Morgan fingerprint density at radius 3 is 3.05 bits per heavy atom. The van der Waals surface area contributed by atoms with Gasteiger partial charge in [-0.1, -0.05) is 6.07 Å². The zero-order valence-electron chi connectivity index (χ0n) is 11.9. The van der Waals surface area contributed by atoms with E-state index in [4.69, 9.17) is 4.74 Å². The highest BCUT2D eigenvalue weighted by Crippen LogP contribution is 2.37. The van der Waals surface area contributed by atoms with Gasteiger partial charge in [-0.05, 0) is 32.0 Å². The Morgan fingerprint density at radius 1 is 1.24 bits per heavy atom. The number of hydrogen-bond acceptors (Lipinski definition) is 5. The summed E-state index contributed by atoms with van der Waals surface area (Å²) in [5.41, 5.74) is 3.92. The molecule has 0 fully saturated rings. The molecule has 3 heterocycles. The van der Waals surface area contributed by atoms with Gasteiger partial charge in [-0.25, -0.2) is 4.98 Å². The van der Waals surface area contributed by atoms with E-state index in [-0.39, 0.29) is 0 Å². The highest BCUT2D eigenvalue weighted by Gasteiger charge is 2.20. The normalized spacial score (nSPS) is 13.6. The third kappa shape index (κ3) is 1.83. The van der Waals surface area contributed by atoms with E-state index in [1.54, 1.807) is 0 Å². The van der Waals surface area contributed by atoms with Crippen molar-refractivity contribution < 1.29 is 4.74 Å². The van der Waals surface area contributed by atoms with Crippen LogP contribution in [0.3, 0.4) is 0 Å². The van der Waals surface area contributed by atoms with Gasteiger partial charge >= 0.3 is 0 Å². The van der Waals surface area contributed by atoms with Gasteiger partial charge in [0.2, 0.25) is 0 Å². The molecule has 3 aromatic rings. The first kappa shape index (κ1) is 12.1. The summed E-state index contributed by atoms with van der Waals surface area (Å²) in [6.07, 6.45) is 0. The van der Waals surface area contributed by atoms with Crippen molar-refractivity contribution in [3.63, 3.8) is 0 Å². The molecule has 6 nitrogen and oxygen atoms in total. The monoisotopic (exact) mass is 281 g/mol. The number of ether oxygens (including phenoxy) is 1. The second-order valence-corrected chi connectivity index (χ2v) is 5.16. The third-order valence-corrected chi connectivity index (χ3v) is 3.61. The lowest BCUT2D eigenvalue weighted by atomic mass is 10.1. The molecule has 106 valence electrons. The maximum absolute atomic E-state index is 5.83. The van der Waals surface area contributed by atoms with E-state index in [1.807, 2.05) is 42.5 Å². The first-order valence-electron chi connectivity index (χ1n) is 6.93. The number of hydrogen-bond donors (Lipinski definition) is 1. The van der Waals surface area contributed by atoms with Gasteiger partial charge in [-0.15, -0.1) is 10.2 Å². The molecular weight excluding hydrogens is 266 g/mol. The molecule has 0 aliphatic carbocycles. The quantitative estimate of drug-likeness (QED) is 0.741. The van der Waals surface area contributed by atoms with Crippen LogP contribution < -0.4 is 10.1 Å². The molecule has 0 bridgehead atoms. The lowest BCUT2D eigenvalue weighted by Gasteiger charge is -2.21. The predicted octanol–water partition coefficient (Wildman–Crippen LogP) is 2.21. The second-order valence-electron chi connectivity index (χ2n) is 5.16. The molecule has 1 aliphatic heterocycles. The fourth-order valence-electron chi connectivity index (χ4n) is 2.75. The van der Waals surface area contributed by atoms with Crippen LogP contribution >= 0.6 is 0 Å². The van der Waals surface area contributed by atoms with Gasteiger partial charge < -0.3 is 10.1 Å². The van der Waals surface area contributed by atoms with Crippen LogP contribution in [-0.2, 0) is 0 Å². The van der Waals surface area contributed by atoms with Crippen molar-refractivity contribution in [3.05, 3.63) is 35.7 Å². The summed E-state index contributed by atoms with van der Waals surface area (Å²) in [5, 5.41) is 11.8. The van der Waals surface area contributed by atoms with Crippen molar-refractivity contribution >= 4 is 11.5 Å². The minimum absolute atomic E-state index is 0.615. The summed E-state index contributed by atoms with van der Waals surface area (Å²) < 4.78 is 7.79. The molecule has 1 aliphatic rings. The average Bonchev–Trinajstić information content (AvgIpc) is 2.90. The first-order valence-corrected chi connectivity index (χ1v) is 6.93. The number of aromatic nitrogens is 4. The average molecular weight is 281 g/mol. The Balaban J connectivity index is 1.99. The molecular formula is C15H15N5O. The van der Waals surface area contributed by atoms with Crippen LogP contribution in [0.25, 0.3) is 17.2 Å². The summed E-state index contributed by atoms with van der Waals surface area (Å²) in [4.78, 5) is 4.43. The molecule has 0 saturated carbocycles. The number of nitrogens with one attached hydrogen (secondary N) is 1. The van der Waals surface area contributed by atoms with Crippen LogP contribution in [0.1, 0.15) is 11.4 Å². The maximum Gasteiger partial charge on any atom is 0.255 e. The molecule has 0 spiro atoms.